The van der Waals surface area contributed by atoms with Gasteiger partial charge in [0.05, 0.1) is 12.1 Å². The van der Waals surface area contributed by atoms with Crippen molar-refractivity contribution in [2.24, 2.45) is 7.05 Å². The molecule has 0 bridgehead atoms. The Kier molecular flexibility index (Phi) is 5.16. The van der Waals surface area contributed by atoms with E-state index in [2.05, 4.69) is 10.3 Å². The van der Waals surface area contributed by atoms with Gasteiger partial charge in [0.1, 0.15) is 11.7 Å². The fourth-order valence-corrected chi connectivity index (χ4v) is 2.32. The fourth-order valence-electron chi connectivity index (χ4n) is 2.07. The van der Waals surface area contributed by atoms with Crippen molar-refractivity contribution in [3.8, 4) is 0 Å². The Morgan fingerprint density at radius 3 is 2.64 bits per heavy atom. The molecule has 0 radical (unpaired) electrons. The number of ether oxygens (including phenoxy) is 1. The molecular formula is C15H16ClN3O3. The Labute approximate surface area is 133 Å². The third kappa shape index (κ3) is 3.85. The van der Waals surface area contributed by atoms with Crippen LogP contribution in [0.2, 0.25) is 5.02 Å². The van der Waals surface area contributed by atoms with Crippen LogP contribution in [0.3, 0.4) is 0 Å². The van der Waals surface area contributed by atoms with Gasteiger partial charge in [-0.3, -0.25) is 9.78 Å². The highest BCUT2D eigenvalue weighted by Gasteiger charge is 2.23. The average Bonchev–Trinajstić information content (AvgIpc) is 2.85. The molecule has 1 atom stereocenters. The highest BCUT2D eigenvalue weighted by Crippen LogP contribution is 2.13. The largest absolute Gasteiger partial charge is 0.467 e. The number of nitrogens with one attached hydrogen (secondary N) is 1. The zero-order chi connectivity index (χ0) is 16.1. The van der Waals surface area contributed by atoms with Crippen molar-refractivity contribution in [2.75, 3.05) is 7.11 Å². The van der Waals surface area contributed by atoms with Crippen LogP contribution in [0.15, 0.2) is 36.8 Å². The van der Waals surface area contributed by atoms with Gasteiger partial charge in [-0.2, -0.15) is 0 Å². The lowest BCUT2D eigenvalue weighted by atomic mass is 10.1. The van der Waals surface area contributed by atoms with E-state index in [9.17, 15) is 9.59 Å². The van der Waals surface area contributed by atoms with E-state index in [0.29, 0.717) is 17.1 Å². The summed E-state index contributed by atoms with van der Waals surface area (Å²) in [6, 6.07) is 4.31. The van der Waals surface area contributed by atoms with Gasteiger partial charge in [-0.05, 0) is 23.8 Å². The van der Waals surface area contributed by atoms with Crippen molar-refractivity contribution < 1.29 is 14.3 Å². The lowest BCUT2D eigenvalue weighted by Gasteiger charge is -2.16. The molecule has 7 heteroatoms. The third-order valence-corrected chi connectivity index (χ3v) is 3.39. The van der Waals surface area contributed by atoms with Crippen LogP contribution in [0.5, 0.6) is 0 Å². The summed E-state index contributed by atoms with van der Waals surface area (Å²) in [6.45, 7) is 0. The van der Waals surface area contributed by atoms with Gasteiger partial charge >= 0.3 is 5.97 Å². The first-order chi connectivity index (χ1) is 10.5. The third-order valence-electron chi connectivity index (χ3n) is 3.18. The number of methoxy groups -OCH3 is 1. The number of aromatic nitrogens is 2. The predicted molar refractivity (Wildman–Crippen MR) is 81.6 cm³/mol. The van der Waals surface area contributed by atoms with Gasteiger partial charge in [-0.25, -0.2) is 4.79 Å². The second-order valence-corrected chi connectivity index (χ2v) is 5.20. The molecule has 0 aliphatic rings. The number of hydrogen-bond donors (Lipinski definition) is 1. The zero-order valence-electron chi connectivity index (χ0n) is 12.2. The Bertz CT molecular complexity index is 670. The number of aryl methyl sites for hydroxylation is 1. The summed E-state index contributed by atoms with van der Waals surface area (Å²) >= 11 is 5.87. The first-order valence-corrected chi connectivity index (χ1v) is 6.98. The average molecular weight is 322 g/mol. The molecular weight excluding hydrogens is 306 g/mol. The number of halogens is 1. The van der Waals surface area contributed by atoms with Crippen molar-refractivity contribution >= 4 is 23.5 Å². The number of rotatable bonds is 5. The molecule has 0 saturated carbocycles. The minimum atomic E-state index is -0.784. The maximum atomic E-state index is 12.3. The molecule has 0 fully saturated rings. The Hall–Kier alpha value is -2.34. The van der Waals surface area contributed by atoms with Gasteiger partial charge in [0.2, 0.25) is 0 Å². The van der Waals surface area contributed by atoms with E-state index >= 15 is 0 Å². The number of carbonyl (C=O) groups excluding carboxylic acids is 2. The quantitative estimate of drug-likeness (QED) is 0.849. The topological polar surface area (TPSA) is 73.2 Å². The number of esters is 1. The van der Waals surface area contributed by atoms with Crippen LogP contribution in [0, 0.1) is 0 Å². The number of amides is 1. The molecule has 6 nitrogen and oxygen atoms in total. The molecule has 1 amide bonds. The van der Waals surface area contributed by atoms with Gasteiger partial charge in [0.15, 0.2) is 0 Å². The maximum absolute atomic E-state index is 12.3. The molecule has 2 aromatic heterocycles. The molecule has 1 unspecified atom stereocenters. The Morgan fingerprint density at radius 2 is 2.09 bits per heavy atom. The molecule has 2 aromatic rings. The molecule has 22 heavy (non-hydrogen) atoms. The predicted octanol–water partition coefficient (Wildman–Crippen LogP) is 1.59. The van der Waals surface area contributed by atoms with Crippen molar-refractivity contribution in [1.82, 2.24) is 14.9 Å². The maximum Gasteiger partial charge on any atom is 0.328 e. The van der Waals surface area contributed by atoms with Crippen LogP contribution in [0.4, 0.5) is 0 Å². The minimum Gasteiger partial charge on any atom is -0.467 e. The van der Waals surface area contributed by atoms with Gasteiger partial charge in [0, 0.05) is 32.1 Å². The van der Waals surface area contributed by atoms with Crippen LogP contribution < -0.4 is 5.32 Å². The van der Waals surface area contributed by atoms with Gasteiger partial charge in [-0.15, -0.1) is 0 Å². The summed E-state index contributed by atoms with van der Waals surface area (Å²) in [5.74, 6) is -0.899. The zero-order valence-corrected chi connectivity index (χ0v) is 13.0. The van der Waals surface area contributed by atoms with E-state index in [1.54, 1.807) is 42.3 Å². The number of nitrogens with zero attached hydrogens (tertiary/aromatic N) is 2. The summed E-state index contributed by atoms with van der Waals surface area (Å²) in [4.78, 5) is 28.1. The first-order valence-electron chi connectivity index (χ1n) is 6.60. The molecule has 0 spiro atoms. The lowest BCUT2D eigenvalue weighted by molar-refractivity contribution is -0.142. The van der Waals surface area contributed by atoms with E-state index in [4.69, 9.17) is 16.3 Å². The van der Waals surface area contributed by atoms with Crippen molar-refractivity contribution in [1.29, 1.82) is 0 Å². The SMILES string of the molecule is COC(=O)C(Cc1ccncc1)NC(=O)c1cc(Cl)cn1C. The molecule has 116 valence electrons. The smallest absolute Gasteiger partial charge is 0.328 e. The molecule has 0 saturated heterocycles. The molecule has 0 aliphatic heterocycles. The second kappa shape index (κ2) is 7.09. The molecule has 2 heterocycles. The van der Waals surface area contributed by atoms with E-state index in [0.717, 1.165) is 5.56 Å². The van der Waals surface area contributed by atoms with Crippen LogP contribution >= 0.6 is 11.6 Å². The van der Waals surface area contributed by atoms with Gasteiger partial charge in [-0.1, -0.05) is 11.6 Å². The van der Waals surface area contributed by atoms with E-state index in [1.165, 1.54) is 13.2 Å². The molecule has 1 N–H and O–H groups in total. The fraction of sp³-hybridized carbons (Fsp3) is 0.267. The molecule has 2 rings (SSSR count). The van der Waals surface area contributed by atoms with E-state index < -0.39 is 12.0 Å². The standard InChI is InChI=1S/C15H16ClN3O3/c1-19-9-11(16)8-13(19)14(20)18-12(15(21)22-2)7-10-3-5-17-6-4-10/h3-6,8-9,12H,7H2,1-2H3,(H,18,20). The van der Waals surface area contributed by atoms with Crippen LogP contribution in [0.25, 0.3) is 0 Å². The second-order valence-electron chi connectivity index (χ2n) is 4.76. The van der Waals surface area contributed by atoms with Crippen LogP contribution in [-0.2, 0) is 23.0 Å². The summed E-state index contributed by atoms with van der Waals surface area (Å²) < 4.78 is 6.35. The monoisotopic (exact) mass is 321 g/mol. The first kappa shape index (κ1) is 16.0. The molecule has 0 aromatic carbocycles. The van der Waals surface area contributed by atoms with Crippen LogP contribution in [0.1, 0.15) is 16.1 Å². The van der Waals surface area contributed by atoms with Crippen LogP contribution in [-0.4, -0.2) is 34.6 Å². The van der Waals surface area contributed by atoms with Gasteiger partial charge in [0.25, 0.3) is 5.91 Å². The normalized spacial score (nSPS) is 11.8. The number of carbonyl (C=O) groups is 2. The van der Waals surface area contributed by atoms with Crippen molar-refractivity contribution in [2.45, 2.75) is 12.5 Å². The van der Waals surface area contributed by atoms with Gasteiger partial charge < -0.3 is 14.6 Å². The number of pyridine rings is 1. The van der Waals surface area contributed by atoms with E-state index in [-0.39, 0.29) is 5.91 Å². The molecule has 0 aliphatic carbocycles. The highest BCUT2D eigenvalue weighted by atomic mass is 35.5. The highest BCUT2D eigenvalue weighted by molar-refractivity contribution is 6.31. The summed E-state index contributed by atoms with van der Waals surface area (Å²) in [7, 11) is 2.99. The van der Waals surface area contributed by atoms with E-state index in [1.807, 2.05) is 0 Å². The Balaban J connectivity index is 2.14. The van der Waals surface area contributed by atoms with Crippen molar-refractivity contribution in [3.05, 3.63) is 53.1 Å². The number of hydrogen-bond acceptors (Lipinski definition) is 4. The summed E-state index contributed by atoms with van der Waals surface area (Å²) in [5, 5.41) is 3.13. The summed E-state index contributed by atoms with van der Waals surface area (Å²) in [5.41, 5.74) is 1.24. The van der Waals surface area contributed by atoms with Crippen molar-refractivity contribution in [3.63, 3.8) is 0 Å². The summed E-state index contributed by atoms with van der Waals surface area (Å²) in [6.07, 6.45) is 5.19. The lowest BCUT2D eigenvalue weighted by Crippen LogP contribution is -2.43. The minimum absolute atomic E-state index is 0.319. The Morgan fingerprint density at radius 1 is 1.41 bits per heavy atom.